The predicted octanol–water partition coefficient (Wildman–Crippen LogP) is 7.59. The van der Waals surface area contributed by atoms with Crippen molar-refractivity contribution in [3.63, 3.8) is 0 Å². The summed E-state index contributed by atoms with van der Waals surface area (Å²) >= 11 is 0. The Morgan fingerprint density at radius 1 is 0.679 bits per heavy atom. The van der Waals surface area contributed by atoms with Crippen LogP contribution in [0.25, 0.3) is 0 Å². The van der Waals surface area contributed by atoms with Crippen LogP contribution < -0.4 is 0 Å². The summed E-state index contributed by atoms with van der Waals surface area (Å²) in [5.74, 6) is 9.45. The molecule has 0 bridgehead atoms. The molecular weight excluding hydrogens is 335 g/mol. The Balaban J connectivity index is 2.13. The molecule has 1 heteroatoms. The smallest absolute Gasteiger partial charge is 0.0989 e. The van der Waals surface area contributed by atoms with Gasteiger partial charge in [0.25, 0.3) is 0 Å². The summed E-state index contributed by atoms with van der Waals surface area (Å²) in [5.41, 5.74) is 8.53. The average Bonchev–Trinajstić information content (AvgIpc) is 2.71. The first-order valence-electron chi connectivity index (χ1n) is 10.8. The molecule has 0 saturated heterocycles. The second-order valence-electron chi connectivity index (χ2n) is 9.49. The minimum absolute atomic E-state index is 0.291. The Morgan fingerprint density at radius 2 is 1.14 bits per heavy atom. The zero-order chi connectivity index (χ0) is 20.6. The molecule has 5 atom stereocenters. The predicted molar refractivity (Wildman–Crippen MR) is 126 cm³/mol. The third-order valence-electron chi connectivity index (χ3n) is 6.85. The number of hydrogen-bond donors (Lipinski definition) is 0. The highest BCUT2D eigenvalue weighted by Gasteiger charge is 2.45. The van der Waals surface area contributed by atoms with Crippen LogP contribution in [-0.4, -0.2) is 6.71 Å². The fraction of sp³-hybridized carbons (Fsp3) is 0.481. The summed E-state index contributed by atoms with van der Waals surface area (Å²) in [6, 6.07) is 0. The van der Waals surface area contributed by atoms with Crippen LogP contribution in [0.1, 0.15) is 55.4 Å². The van der Waals surface area contributed by atoms with E-state index in [0.717, 1.165) is 0 Å². The van der Waals surface area contributed by atoms with Crippen molar-refractivity contribution in [2.75, 3.05) is 0 Å². The Kier molecular flexibility index (Phi) is 6.09. The van der Waals surface area contributed by atoms with E-state index in [0.29, 0.717) is 36.0 Å². The SMILES string of the molecule is CC1=CC#CC(B(C2C(C)=CC(C)=CC2C)C2C(C)=CC(C)=CC2C)C(C)=C1. The lowest BCUT2D eigenvalue weighted by atomic mass is 9.22. The van der Waals surface area contributed by atoms with E-state index in [1.807, 2.05) is 0 Å². The van der Waals surface area contributed by atoms with Gasteiger partial charge in [-0.15, -0.1) is 0 Å². The van der Waals surface area contributed by atoms with E-state index in [-0.39, 0.29) is 0 Å². The van der Waals surface area contributed by atoms with Gasteiger partial charge in [-0.25, -0.2) is 0 Å². The van der Waals surface area contributed by atoms with Crippen LogP contribution >= 0.6 is 0 Å². The van der Waals surface area contributed by atoms with E-state index in [1.54, 1.807) is 0 Å². The molecule has 3 aliphatic rings. The first-order valence-corrected chi connectivity index (χ1v) is 10.8. The molecule has 0 fully saturated rings. The largest absolute Gasteiger partial charge is 0.179 e. The van der Waals surface area contributed by atoms with Crippen molar-refractivity contribution in [1.82, 2.24) is 0 Å². The molecule has 0 aliphatic heterocycles. The van der Waals surface area contributed by atoms with Crippen molar-refractivity contribution in [2.45, 2.75) is 72.8 Å². The van der Waals surface area contributed by atoms with Crippen LogP contribution in [-0.2, 0) is 0 Å². The average molecular weight is 370 g/mol. The van der Waals surface area contributed by atoms with Crippen molar-refractivity contribution < 1.29 is 0 Å². The normalized spacial score (nSPS) is 32.5. The molecular formula is C27H35B. The minimum Gasteiger partial charge on any atom is -0.0989 e. The minimum atomic E-state index is 0.291. The zero-order valence-electron chi connectivity index (χ0n) is 18.9. The van der Waals surface area contributed by atoms with E-state index in [1.165, 1.54) is 33.4 Å². The molecule has 0 aromatic rings. The molecule has 0 spiro atoms. The highest BCUT2D eigenvalue weighted by molar-refractivity contribution is 6.67. The van der Waals surface area contributed by atoms with Gasteiger partial charge in [0.2, 0.25) is 0 Å². The lowest BCUT2D eigenvalue weighted by Gasteiger charge is -2.43. The molecule has 146 valence electrons. The van der Waals surface area contributed by atoms with E-state index < -0.39 is 0 Å². The van der Waals surface area contributed by atoms with Crippen LogP contribution in [0, 0.1) is 23.7 Å². The zero-order valence-corrected chi connectivity index (χ0v) is 18.9. The quantitative estimate of drug-likeness (QED) is 0.355. The summed E-state index contributed by atoms with van der Waals surface area (Å²) in [6.45, 7) is 18.9. The van der Waals surface area contributed by atoms with Crippen LogP contribution in [0.3, 0.4) is 0 Å². The van der Waals surface area contributed by atoms with Gasteiger partial charge < -0.3 is 0 Å². The van der Waals surface area contributed by atoms with Crippen molar-refractivity contribution >= 4 is 6.71 Å². The monoisotopic (exact) mass is 370 g/mol. The summed E-state index contributed by atoms with van der Waals surface area (Å²) in [4.78, 5) is 0. The van der Waals surface area contributed by atoms with Gasteiger partial charge in [0.15, 0.2) is 6.71 Å². The van der Waals surface area contributed by atoms with Gasteiger partial charge in [0.1, 0.15) is 0 Å². The van der Waals surface area contributed by atoms with E-state index >= 15 is 0 Å². The molecule has 0 aromatic carbocycles. The molecule has 0 radical (unpaired) electrons. The van der Waals surface area contributed by atoms with Crippen LogP contribution in [0.15, 0.2) is 69.9 Å². The van der Waals surface area contributed by atoms with Gasteiger partial charge in [-0.3, -0.25) is 0 Å². The molecule has 28 heavy (non-hydrogen) atoms. The summed E-state index contributed by atoms with van der Waals surface area (Å²) in [6.07, 6.45) is 14.1. The third-order valence-corrected chi connectivity index (χ3v) is 6.85. The molecule has 0 heterocycles. The first-order chi connectivity index (χ1) is 13.2. The van der Waals surface area contributed by atoms with Crippen LogP contribution in [0.4, 0.5) is 0 Å². The van der Waals surface area contributed by atoms with Crippen molar-refractivity contribution in [1.29, 1.82) is 0 Å². The maximum absolute atomic E-state index is 3.67. The second kappa shape index (κ2) is 8.20. The lowest BCUT2D eigenvalue weighted by molar-refractivity contribution is 0.624. The summed E-state index contributed by atoms with van der Waals surface area (Å²) < 4.78 is 0. The molecule has 0 amide bonds. The molecule has 0 aromatic heterocycles. The number of hydrogen-bond acceptors (Lipinski definition) is 0. The van der Waals surface area contributed by atoms with Gasteiger partial charge >= 0.3 is 0 Å². The molecule has 0 saturated carbocycles. The van der Waals surface area contributed by atoms with E-state index in [9.17, 15) is 0 Å². The fourth-order valence-electron chi connectivity index (χ4n) is 6.07. The lowest BCUT2D eigenvalue weighted by Crippen LogP contribution is -2.40. The van der Waals surface area contributed by atoms with Gasteiger partial charge in [0.05, 0.1) is 0 Å². The highest BCUT2D eigenvalue weighted by atomic mass is 14.3. The van der Waals surface area contributed by atoms with Gasteiger partial charge in [0, 0.05) is 5.82 Å². The van der Waals surface area contributed by atoms with E-state index in [4.69, 9.17) is 0 Å². The maximum atomic E-state index is 3.67. The molecule has 3 rings (SSSR count). The Bertz CT molecular complexity index is 844. The third kappa shape index (κ3) is 4.07. The van der Waals surface area contributed by atoms with Crippen molar-refractivity contribution in [3.8, 4) is 11.8 Å². The second-order valence-corrected chi connectivity index (χ2v) is 9.49. The number of allylic oxidation sites excluding steroid dienone is 12. The topological polar surface area (TPSA) is 0 Å². The Labute approximate surface area is 173 Å². The van der Waals surface area contributed by atoms with E-state index in [2.05, 4.69) is 104 Å². The number of rotatable bonds is 3. The summed E-state index contributed by atoms with van der Waals surface area (Å²) in [7, 11) is 0. The fourth-order valence-corrected chi connectivity index (χ4v) is 6.07. The van der Waals surface area contributed by atoms with Crippen molar-refractivity contribution in [3.05, 3.63) is 69.9 Å². The van der Waals surface area contributed by atoms with Crippen LogP contribution in [0.2, 0.25) is 17.5 Å². The maximum Gasteiger partial charge on any atom is 0.179 e. The van der Waals surface area contributed by atoms with Gasteiger partial charge in [-0.05, 0) is 76.7 Å². The van der Waals surface area contributed by atoms with Crippen LogP contribution in [0.5, 0.6) is 0 Å². The molecule has 0 nitrogen and oxygen atoms in total. The highest BCUT2D eigenvalue weighted by Crippen LogP contribution is 2.51. The molecule has 3 aliphatic carbocycles. The van der Waals surface area contributed by atoms with Gasteiger partial charge in [-0.1, -0.05) is 83.9 Å². The Morgan fingerprint density at radius 3 is 1.61 bits per heavy atom. The summed E-state index contributed by atoms with van der Waals surface area (Å²) in [5, 5.41) is 0. The Hall–Kier alpha value is -1.94. The molecule has 5 unspecified atom stereocenters. The van der Waals surface area contributed by atoms with Gasteiger partial charge in [-0.2, -0.15) is 0 Å². The van der Waals surface area contributed by atoms with Crippen molar-refractivity contribution in [2.24, 2.45) is 11.8 Å². The molecule has 0 N–H and O–H groups in total. The first kappa shape index (κ1) is 20.8. The standard InChI is InChI=1S/C27H35B/c1-17-10-9-11-25(20(4)12-17)28(26-21(5)13-18(2)14-22(26)6)27-23(7)15-19(3)16-24(27)8/h10,12-16,21,23,25-27H,1-8H3.